The van der Waals surface area contributed by atoms with Gasteiger partial charge < -0.3 is 11.5 Å². The molecule has 0 amide bonds. The van der Waals surface area contributed by atoms with Crippen LogP contribution in [-0.4, -0.2) is 9.97 Å². The van der Waals surface area contributed by atoms with Gasteiger partial charge in [0.1, 0.15) is 0 Å². The van der Waals surface area contributed by atoms with Gasteiger partial charge in [-0.25, -0.2) is 9.97 Å². The summed E-state index contributed by atoms with van der Waals surface area (Å²) in [5.41, 5.74) is 12.7. The van der Waals surface area contributed by atoms with Crippen LogP contribution in [0.25, 0.3) is 10.9 Å². The number of hydrogen-bond acceptors (Lipinski definition) is 4. The Kier molecular flexibility index (Phi) is 1.83. The molecule has 0 radical (unpaired) electrons. The van der Waals surface area contributed by atoms with E-state index in [1.54, 1.807) is 0 Å². The van der Waals surface area contributed by atoms with E-state index in [-0.39, 0.29) is 5.95 Å². The first-order valence-corrected chi connectivity index (χ1v) is 4.02. The van der Waals surface area contributed by atoms with E-state index in [9.17, 15) is 0 Å². The molecule has 4 nitrogen and oxygen atoms in total. The Morgan fingerprint density at radius 2 is 1.92 bits per heavy atom. The minimum absolute atomic E-state index is 0.277. The molecular weight excluding hydrogens is 164 g/mol. The molecule has 1 aromatic heterocycles. The number of nitrogen functional groups attached to an aromatic ring is 1. The highest BCUT2D eigenvalue weighted by molar-refractivity contribution is 5.81. The van der Waals surface area contributed by atoms with E-state index in [2.05, 4.69) is 9.97 Å². The van der Waals surface area contributed by atoms with Gasteiger partial charge in [-0.1, -0.05) is 18.2 Å². The molecule has 1 aromatic carbocycles. The first-order valence-electron chi connectivity index (χ1n) is 4.02. The van der Waals surface area contributed by atoms with Crippen molar-refractivity contribution < 1.29 is 0 Å². The van der Waals surface area contributed by atoms with Gasteiger partial charge in [-0.3, -0.25) is 0 Å². The molecule has 0 aliphatic rings. The van der Waals surface area contributed by atoms with E-state index >= 15 is 0 Å². The minimum Gasteiger partial charge on any atom is -0.368 e. The van der Waals surface area contributed by atoms with E-state index in [0.717, 1.165) is 16.6 Å². The fourth-order valence-electron chi connectivity index (χ4n) is 1.32. The average molecular weight is 174 g/mol. The van der Waals surface area contributed by atoms with Crippen LogP contribution < -0.4 is 11.5 Å². The number of fused-ring (bicyclic) bond motifs is 1. The number of nitrogens with two attached hydrogens (primary N) is 2. The third-order valence-electron chi connectivity index (χ3n) is 1.89. The maximum atomic E-state index is 5.54. The minimum atomic E-state index is 0.277. The number of hydrogen-bond donors (Lipinski definition) is 2. The van der Waals surface area contributed by atoms with Gasteiger partial charge in [-0.2, -0.15) is 0 Å². The fraction of sp³-hybridized carbons (Fsp3) is 0.111. The Hall–Kier alpha value is -1.68. The van der Waals surface area contributed by atoms with Crippen molar-refractivity contribution in [1.82, 2.24) is 9.97 Å². The number of rotatable bonds is 1. The molecule has 4 N–H and O–H groups in total. The van der Waals surface area contributed by atoms with Crippen molar-refractivity contribution in [2.24, 2.45) is 5.73 Å². The molecule has 0 spiro atoms. The zero-order valence-corrected chi connectivity index (χ0v) is 7.07. The molecule has 13 heavy (non-hydrogen) atoms. The predicted octanol–water partition coefficient (Wildman–Crippen LogP) is 0.671. The maximum absolute atomic E-state index is 5.54. The monoisotopic (exact) mass is 174 g/mol. The molecular formula is C9H10N4. The summed E-state index contributed by atoms with van der Waals surface area (Å²) in [6.45, 7) is 0.382. The molecule has 1 heterocycles. The first-order chi connectivity index (χ1) is 6.31. The topological polar surface area (TPSA) is 77.8 Å². The molecule has 0 fully saturated rings. The molecule has 0 bridgehead atoms. The summed E-state index contributed by atoms with van der Waals surface area (Å²) in [4.78, 5) is 8.16. The lowest BCUT2D eigenvalue weighted by atomic mass is 10.2. The highest BCUT2D eigenvalue weighted by atomic mass is 15.0. The van der Waals surface area contributed by atoms with Crippen molar-refractivity contribution in [3.63, 3.8) is 0 Å². The van der Waals surface area contributed by atoms with E-state index in [4.69, 9.17) is 11.5 Å². The summed E-state index contributed by atoms with van der Waals surface area (Å²) in [5, 5.41) is 0.971. The van der Waals surface area contributed by atoms with Crippen LogP contribution in [0.3, 0.4) is 0 Å². The lowest BCUT2D eigenvalue weighted by molar-refractivity contribution is 0.998. The highest BCUT2D eigenvalue weighted by Gasteiger charge is 2.02. The number of aromatic nitrogens is 2. The van der Waals surface area contributed by atoms with Crippen molar-refractivity contribution in [2.45, 2.75) is 6.54 Å². The molecule has 2 aromatic rings. The van der Waals surface area contributed by atoms with Crippen LogP contribution in [0.5, 0.6) is 0 Å². The van der Waals surface area contributed by atoms with E-state index in [1.807, 2.05) is 24.3 Å². The molecule has 0 unspecified atom stereocenters. The summed E-state index contributed by atoms with van der Waals surface area (Å²) in [5.74, 6) is 0.277. The number of benzene rings is 1. The lowest BCUT2D eigenvalue weighted by Crippen LogP contribution is -2.05. The number of nitrogens with zero attached hydrogens (tertiary/aromatic N) is 2. The largest absolute Gasteiger partial charge is 0.368 e. The maximum Gasteiger partial charge on any atom is 0.220 e. The van der Waals surface area contributed by atoms with E-state index < -0.39 is 0 Å². The smallest absolute Gasteiger partial charge is 0.220 e. The quantitative estimate of drug-likeness (QED) is 0.666. The second-order valence-corrected chi connectivity index (χ2v) is 2.75. The van der Waals surface area contributed by atoms with Gasteiger partial charge in [-0.15, -0.1) is 0 Å². The zero-order valence-electron chi connectivity index (χ0n) is 7.07. The first kappa shape index (κ1) is 7.94. The summed E-state index contributed by atoms with van der Waals surface area (Å²) in [6, 6.07) is 7.68. The van der Waals surface area contributed by atoms with Gasteiger partial charge in [0.2, 0.25) is 5.95 Å². The zero-order chi connectivity index (χ0) is 9.26. The van der Waals surface area contributed by atoms with Gasteiger partial charge in [0.25, 0.3) is 0 Å². The number of para-hydroxylation sites is 1. The Bertz CT molecular complexity index is 439. The van der Waals surface area contributed by atoms with Crippen LogP contribution in [0, 0.1) is 0 Å². The van der Waals surface area contributed by atoms with Crippen LogP contribution in [0.2, 0.25) is 0 Å². The molecule has 4 heteroatoms. The molecule has 2 rings (SSSR count). The molecule has 66 valence electrons. The Labute approximate surface area is 75.6 Å². The normalized spacial score (nSPS) is 10.5. The van der Waals surface area contributed by atoms with Crippen LogP contribution in [0.4, 0.5) is 5.95 Å². The van der Waals surface area contributed by atoms with Gasteiger partial charge in [0.15, 0.2) is 0 Å². The van der Waals surface area contributed by atoms with Crippen LogP contribution in [0.15, 0.2) is 24.3 Å². The number of anilines is 1. The third-order valence-corrected chi connectivity index (χ3v) is 1.89. The Morgan fingerprint density at radius 3 is 2.69 bits per heavy atom. The van der Waals surface area contributed by atoms with Gasteiger partial charge >= 0.3 is 0 Å². The van der Waals surface area contributed by atoms with Gasteiger partial charge in [0, 0.05) is 11.9 Å². The summed E-state index contributed by atoms with van der Waals surface area (Å²) < 4.78 is 0. The SMILES string of the molecule is NCc1nc(N)nc2ccccc12. The summed E-state index contributed by atoms with van der Waals surface area (Å²) in [7, 11) is 0. The fourth-order valence-corrected chi connectivity index (χ4v) is 1.32. The van der Waals surface area contributed by atoms with Crippen molar-refractivity contribution in [2.75, 3.05) is 5.73 Å². The van der Waals surface area contributed by atoms with Crippen LogP contribution >= 0.6 is 0 Å². The molecule has 0 aliphatic heterocycles. The van der Waals surface area contributed by atoms with Crippen molar-refractivity contribution in [3.8, 4) is 0 Å². The lowest BCUT2D eigenvalue weighted by Gasteiger charge is -2.03. The molecule has 0 atom stereocenters. The van der Waals surface area contributed by atoms with Crippen molar-refractivity contribution in [3.05, 3.63) is 30.0 Å². The molecule has 0 saturated carbocycles. The van der Waals surface area contributed by atoms with Crippen LogP contribution in [0.1, 0.15) is 5.69 Å². The van der Waals surface area contributed by atoms with Gasteiger partial charge in [-0.05, 0) is 6.07 Å². The Balaban J connectivity index is 2.81. The highest BCUT2D eigenvalue weighted by Crippen LogP contribution is 2.15. The van der Waals surface area contributed by atoms with Gasteiger partial charge in [0.05, 0.1) is 11.2 Å². The van der Waals surface area contributed by atoms with Crippen LogP contribution in [-0.2, 0) is 6.54 Å². The standard InChI is InChI=1S/C9H10N4/c10-5-8-6-3-1-2-4-7(6)12-9(11)13-8/h1-4H,5,10H2,(H2,11,12,13). The summed E-state index contributed by atoms with van der Waals surface area (Å²) >= 11 is 0. The Morgan fingerprint density at radius 1 is 1.15 bits per heavy atom. The summed E-state index contributed by atoms with van der Waals surface area (Å²) in [6.07, 6.45) is 0. The molecule has 0 aliphatic carbocycles. The second kappa shape index (κ2) is 2.99. The van der Waals surface area contributed by atoms with E-state index in [1.165, 1.54) is 0 Å². The molecule has 0 saturated heterocycles. The van der Waals surface area contributed by atoms with Crippen molar-refractivity contribution >= 4 is 16.9 Å². The van der Waals surface area contributed by atoms with E-state index in [0.29, 0.717) is 6.54 Å². The average Bonchev–Trinajstić information content (AvgIpc) is 2.16. The third kappa shape index (κ3) is 1.31. The second-order valence-electron chi connectivity index (χ2n) is 2.75. The van der Waals surface area contributed by atoms with Crippen molar-refractivity contribution in [1.29, 1.82) is 0 Å². The predicted molar refractivity (Wildman–Crippen MR) is 51.8 cm³/mol.